The van der Waals surface area contributed by atoms with Gasteiger partial charge in [-0.15, -0.1) is 8.78 Å². The molecule has 0 radical (unpaired) electrons. The lowest BCUT2D eigenvalue weighted by Crippen LogP contribution is -2.44. The van der Waals surface area contributed by atoms with Crippen LogP contribution in [-0.2, 0) is 20.9 Å². The topological polar surface area (TPSA) is 97.3 Å². The van der Waals surface area contributed by atoms with Gasteiger partial charge in [-0.1, -0.05) is 42.1 Å². The van der Waals surface area contributed by atoms with Crippen molar-refractivity contribution in [2.75, 3.05) is 11.9 Å². The first kappa shape index (κ1) is 29.0. The van der Waals surface area contributed by atoms with Crippen LogP contribution in [0.5, 0.6) is 5.75 Å². The minimum atomic E-state index is -3.86. The Morgan fingerprint density at radius 1 is 1.07 bits per heavy atom. The van der Waals surface area contributed by atoms with Gasteiger partial charge in [-0.2, -0.15) is 0 Å². The number of carbonyl (C=O) groups excluding carboxylic acids is 3. The van der Waals surface area contributed by atoms with Crippen LogP contribution in [-0.4, -0.2) is 45.3 Å². The Bertz CT molecular complexity index is 1380. The summed E-state index contributed by atoms with van der Waals surface area (Å²) in [6.45, 7) is 2.19. The molecule has 1 fully saturated rings. The molecule has 1 aliphatic rings. The number of amides is 2. The van der Waals surface area contributed by atoms with Crippen molar-refractivity contribution in [1.82, 2.24) is 4.90 Å². The van der Waals surface area contributed by atoms with E-state index in [1.807, 2.05) is 30.3 Å². The molecule has 1 N–H and O–H groups in total. The molecule has 8 nitrogen and oxygen atoms in total. The van der Waals surface area contributed by atoms with Crippen molar-refractivity contribution < 1.29 is 32.6 Å². The van der Waals surface area contributed by atoms with E-state index in [-0.39, 0.29) is 36.4 Å². The smallest absolute Gasteiger partial charge is 0.462 e. The molecule has 1 aliphatic heterocycles. The number of nitrogens with zero attached hydrogens (tertiary/aromatic N) is 2. The number of halogens is 3. The first-order valence-corrected chi connectivity index (χ1v) is 13.4. The maximum atomic E-state index is 13.2. The Morgan fingerprint density at radius 2 is 1.75 bits per heavy atom. The van der Waals surface area contributed by atoms with Crippen LogP contribution in [0.1, 0.15) is 29.3 Å². The molecule has 2 amide bonds. The van der Waals surface area contributed by atoms with Gasteiger partial charge in [0.1, 0.15) is 11.0 Å². The first-order valence-electron chi connectivity index (χ1n) is 12.1. The Kier molecular flexibility index (Phi) is 9.38. The van der Waals surface area contributed by atoms with Gasteiger partial charge in [-0.3, -0.25) is 14.5 Å². The van der Waals surface area contributed by atoms with Crippen LogP contribution in [0.3, 0.4) is 0 Å². The predicted octanol–water partition coefficient (Wildman–Crippen LogP) is 6.19. The van der Waals surface area contributed by atoms with Crippen LogP contribution in [0.4, 0.5) is 20.2 Å². The molecule has 3 aromatic rings. The Balaban J connectivity index is 1.54. The maximum Gasteiger partial charge on any atom is 0.487 e. The van der Waals surface area contributed by atoms with Crippen molar-refractivity contribution in [3.63, 3.8) is 0 Å². The Morgan fingerprint density at radius 3 is 2.38 bits per heavy atom. The summed E-state index contributed by atoms with van der Waals surface area (Å²) in [6, 6.07) is 20.9. The van der Waals surface area contributed by atoms with E-state index in [0.29, 0.717) is 16.9 Å². The van der Waals surface area contributed by atoms with Crippen LogP contribution < -0.4 is 10.1 Å². The number of esters is 1. The highest BCUT2D eigenvalue weighted by atomic mass is 35.5. The molecule has 0 aromatic heterocycles. The van der Waals surface area contributed by atoms with Gasteiger partial charge in [0.05, 0.1) is 24.4 Å². The number of amidine groups is 1. The summed E-state index contributed by atoms with van der Waals surface area (Å²) in [4.78, 5) is 44.3. The lowest BCUT2D eigenvalue weighted by Gasteiger charge is -2.32. The third kappa shape index (κ3) is 8.03. The van der Waals surface area contributed by atoms with Crippen LogP contribution in [0, 0.1) is 0 Å². The summed E-state index contributed by atoms with van der Waals surface area (Å²) >= 11 is 5.93. The zero-order valence-electron chi connectivity index (χ0n) is 21.2. The molecule has 4 rings (SSSR count). The van der Waals surface area contributed by atoms with Gasteiger partial charge < -0.3 is 14.8 Å². The SMILES string of the molecule is CCOC(=O)c1ccc(NC(=O)[C@H]2CC(=O)N(Cc3ccccc3)C(=Nc3ccc(OC(F)(F)Cl)cc3)S2)cc1. The van der Waals surface area contributed by atoms with E-state index in [4.69, 9.17) is 16.3 Å². The molecule has 0 unspecified atom stereocenters. The lowest BCUT2D eigenvalue weighted by atomic mass is 10.2. The summed E-state index contributed by atoms with van der Waals surface area (Å²) in [5, 5.41) is 2.25. The van der Waals surface area contributed by atoms with Gasteiger partial charge in [0.15, 0.2) is 5.17 Å². The molecule has 12 heteroatoms. The molecule has 3 aromatic carbocycles. The number of thioether (sulfide) groups is 1. The van der Waals surface area contributed by atoms with Crippen molar-refractivity contribution in [1.29, 1.82) is 0 Å². The van der Waals surface area contributed by atoms with Crippen LogP contribution in [0.25, 0.3) is 0 Å². The molecular weight excluding hydrogens is 564 g/mol. The summed E-state index contributed by atoms with van der Waals surface area (Å²) < 4.78 is 35.2. The van der Waals surface area contributed by atoms with Gasteiger partial charge >= 0.3 is 11.5 Å². The number of nitrogens with one attached hydrogen (secondary N) is 1. The monoisotopic (exact) mass is 587 g/mol. The summed E-state index contributed by atoms with van der Waals surface area (Å²) in [5.74, 6) is -1.35. The summed E-state index contributed by atoms with van der Waals surface area (Å²) in [5.41, 5.74) is -1.84. The number of hydrogen-bond donors (Lipinski definition) is 1. The molecule has 1 atom stereocenters. The van der Waals surface area contributed by atoms with E-state index in [9.17, 15) is 23.2 Å². The molecule has 0 spiro atoms. The fourth-order valence-electron chi connectivity index (χ4n) is 3.72. The van der Waals surface area contributed by atoms with Crippen LogP contribution in [0.15, 0.2) is 83.9 Å². The molecule has 0 saturated carbocycles. The fourth-order valence-corrected chi connectivity index (χ4v) is 4.91. The number of alkyl halides is 3. The predicted molar refractivity (Wildman–Crippen MR) is 149 cm³/mol. The number of rotatable bonds is 9. The molecular formula is C28H24ClF2N3O5S. The second kappa shape index (κ2) is 12.9. The first-order chi connectivity index (χ1) is 19.1. The molecule has 0 bridgehead atoms. The number of anilines is 1. The van der Waals surface area contributed by atoms with Gasteiger partial charge in [-0.25, -0.2) is 9.79 Å². The summed E-state index contributed by atoms with van der Waals surface area (Å²) in [6.07, 6.45) is -0.0686. The molecule has 40 heavy (non-hydrogen) atoms. The van der Waals surface area contributed by atoms with Gasteiger partial charge in [-0.05, 0) is 61.0 Å². The Labute approximate surface area is 238 Å². The van der Waals surface area contributed by atoms with Gasteiger partial charge in [0.2, 0.25) is 11.8 Å². The van der Waals surface area contributed by atoms with E-state index in [0.717, 1.165) is 17.3 Å². The second-order valence-electron chi connectivity index (χ2n) is 8.50. The van der Waals surface area contributed by atoms with E-state index >= 15 is 0 Å². The number of hydrogen-bond acceptors (Lipinski definition) is 7. The summed E-state index contributed by atoms with van der Waals surface area (Å²) in [7, 11) is 0. The van der Waals surface area contributed by atoms with E-state index in [1.165, 1.54) is 41.3 Å². The molecule has 0 aliphatic carbocycles. The standard InChI is InChI=1S/C28H24ClF2N3O5S/c1-2-38-26(37)19-8-10-20(11-9-19)32-25(36)23-16-24(35)34(17-18-6-4-3-5-7-18)27(40-23)33-21-12-14-22(15-13-21)39-28(29,30)31/h3-15,23H,2,16-17H2,1H3,(H,32,36)/t23-/m1/s1. The highest BCUT2D eigenvalue weighted by Crippen LogP contribution is 2.32. The lowest BCUT2D eigenvalue weighted by molar-refractivity contribution is -0.129. The maximum absolute atomic E-state index is 13.2. The van der Waals surface area contributed by atoms with Crippen molar-refractivity contribution in [3.8, 4) is 5.75 Å². The van der Waals surface area contributed by atoms with Gasteiger partial charge in [0.25, 0.3) is 0 Å². The van der Waals surface area contributed by atoms with E-state index in [1.54, 1.807) is 19.1 Å². The molecule has 1 saturated heterocycles. The average Bonchev–Trinajstić information content (AvgIpc) is 2.92. The number of aliphatic imine (C=N–C) groups is 1. The third-order valence-corrected chi connectivity index (χ3v) is 6.84. The minimum absolute atomic E-state index is 0.0686. The highest BCUT2D eigenvalue weighted by Gasteiger charge is 2.36. The van der Waals surface area contributed by atoms with E-state index < -0.39 is 22.7 Å². The fraction of sp³-hybridized carbons (Fsp3) is 0.214. The Hall–Kier alpha value is -3.96. The quantitative estimate of drug-likeness (QED) is 0.237. The largest absolute Gasteiger partial charge is 0.487 e. The minimum Gasteiger partial charge on any atom is -0.462 e. The van der Waals surface area contributed by atoms with Crippen molar-refractivity contribution in [2.45, 2.75) is 30.7 Å². The van der Waals surface area contributed by atoms with E-state index in [2.05, 4.69) is 15.0 Å². The number of carbonyl (C=O) groups is 3. The van der Waals surface area contributed by atoms with Crippen LogP contribution in [0.2, 0.25) is 0 Å². The second-order valence-corrected chi connectivity index (χ2v) is 10.1. The highest BCUT2D eigenvalue weighted by molar-refractivity contribution is 8.15. The van der Waals surface area contributed by atoms with Crippen molar-refractivity contribution >= 4 is 57.7 Å². The number of ether oxygens (including phenoxy) is 2. The van der Waals surface area contributed by atoms with Crippen LogP contribution >= 0.6 is 23.4 Å². The zero-order chi connectivity index (χ0) is 28.7. The normalized spacial score (nSPS) is 16.5. The zero-order valence-corrected chi connectivity index (χ0v) is 22.8. The third-order valence-electron chi connectivity index (χ3n) is 5.57. The average molecular weight is 588 g/mol. The van der Waals surface area contributed by atoms with Crippen molar-refractivity contribution in [3.05, 3.63) is 90.0 Å². The molecule has 208 valence electrons. The van der Waals surface area contributed by atoms with Gasteiger partial charge in [0, 0.05) is 23.7 Å². The number of benzene rings is 3. The molecule has 1 heterocycles. The van der Waals surface area contributed by atoms with Crippen molar-refractivity contribution in [2.24, 2.45) is 4.99 Å².